The van der Waals surface area contributed by atoms with Gasteiger partial charge in [0.2, 0.25) is 5.91 Å². The van der Waals surface area contributed by atoms with E-state index < -0.39 is 9.84 Å². The monoisotopic (exact) mass is 381 g/mol. The third-order valence-corrected chi connectivity index (χ3v) is 5.81. The molecule has 26 heavy (non-hydrogen) atoms. The van der Waals surface area contributed by atoms with Crippen LogP contribution in [0, 0.1) is 0 Å². The number of likely N-dealkylation sites (N-methyl/N-ethyl adjacent to an activating group) is 1. The zero-order chi connectivity index (χ0) is 19.3. The van der Waals surface area contributed by atoms with E-state index in [-0.39, 0.29) is 22.3 Å². The molecule has 2 amide bonds. The molecule has 1 aromatic rings. The summed E-state index contributed by atoms with van der Waals surface area (Å²) in [6, 6.07) is 6.29. The molecule has 7 nitrogen and oxygen atoms in total. The second-order valence-electron chi connectivity index (χ2n) is 6.40. The van der Waals surface area contributed by atoms with Gasteiger partial charge in [0.25, 0.3) is 5.91 Å². The highest BCUT2D eigenvalue weighted by Crippen LogP contribution is 2.18. The molecule has 0 saturated carbocycles. The first kappa shape index (κ1) is 20.4. The van der Waals surface area contributed by atoms with Crippen LogP contribution in [0.4, 0.5) is 0 Å². The van der Waals surface area contributed by atoms with Gasteiger partial charge in [0.1, 0.15) is 0 Å². The predicted octanol–water partition coefficient (Wildman–Crippen LogP) is 0.716. The zero-order valence-electron chi connectivity index (χ0n) is 15.6. The van der Waals surface area contributed by atoms with Gasteiger partial charge in [0.15, 0.2) is 9.84 Å². The molecule has 0 radical (unpaired) electrons. The lowest BCUT2D eigenvalue weighted by Gasteiger charge is -2.35. The maximum atomic E-state index is 12.8. The summed E-state index contributed by atoms with van der Waals surface area (Å²) in [6.07, 6.45) is 1.11. The van der Waals surface area contributed by atoms with E-state index in [1.807, 2.05) is 18.7 Å². The maximum Gasteiger partial charge on any atom is 0.255 e. The first-order chi connectivity index (χ1) is 12.3. The number of benzene rings is 1. The van der Waals surface area contributed by atoms with Crippen molar-refractivity contribution in [3.63, 3.8) is 0 Å². The van der Waals surface area contributed by atoms with E-state index in [4.69, 9.17) is 0 Å². The Bertz CT molecular complexity index is 751. The van der Waals surface area contributed by atoms with Crippen molar-refractivity contribution in [2.24, 2.45) is 0 Å². The Hall–Kier alpha value is -1.93. The molecule has 0 unspecified atom stereocenters. The fourth-order valence-electron chi connectivity index (χ4n) is 3.11. The molecule has 1 aliphatic rings. The van der Waals surface area contributed by atoms with Gasteiger partial charge in [-0.2, -0.15) is 0 Å². The molecule has 1 aromatic carbocycles. The molecule has 1 heterocycles. The van der Waals surface area contributed by atoms with E-state index in [1.54, 1.807) is 28.0 Å². The molecule has 1 saturated heterocycles. The minimum Gasteiger partial charge on any atom is -0.342 e. The van der Waals surface area contributed by atoms with Crippen molar-refractivity contribution in [2.45, 2.75) is 18.7 Å². The van der Waals surface area contributed by atoms with Crippen LogP contribution in [0.1, 0.15) is 24.2 Å². The van der Waals surface area contributed by atoms with Gasteiger partial charge in [0.05, 0.1) is 17.0 Å². The van der Waals surface area contributed by atoms with Crippen molar-refractivity contribution in [3.05, 3.63) is 29.8 Å². The molecule has 1 fully saturated rings. The van der Waals surface area contributed by atoms with Crippen LogP contribution in [0.2, 0.25) is 0 Å². The molecule has 0 N–H and O–H groups in total. The van der Waals surface area contributed by atoms with Gasteiger partial charge in [-0.15, -0.1) is 0 Å². The van der Waals surface area contributed by atoms with E-state index in [2.05, 4.69) is 0 Å². The fraction of sp³-hybridized carbons (Fsp3) is 0.556. The molecule has 0 spiro atoms. The van der Waals surface area contributed by atoms with Crippen LogP contribution in [0.5, 0.6) is 0 Å². The summed E-state index contributed by atoms with van der Waals surface area (Å²) in [4.78, 5) is 30.5. The van der Waals surface area contributed by atoms with Crippen molar-refractivity contribution in [1.82, 2.24) is 14.7 Å². The molecule has 0 atom stereocenters. The summed E-state index contributed by atoms with van der Waals surface area (Å²) in [5.74, 6) is -0.182. The molecule has 1 aliphatic heterocycles. The van der Waals surface area contributed by atoms with Gasteiger partial charge in [-0.1, -0.05) is 12.1 Å². The average molecular weight is 381 g/mol. The van der Waals surface area contributed by atoms with E-state index >= 15 is 0 Å². The van der Waals surface area contributed by atoms with Gasteiger partial charge in [-0.25, -0.2) is 8.42 Å². The molecule has 0 aromatic heterocycles. The van der Waals surface area contributed by atoms with Crippen molar-refractivity contribution in [1.29, 1.82) is 0 Å². The van der Waals surface area contributed by atoms with Gasteiger partial charge in [-0.3, -0.25) is 14.5 Å². The van der Waals surface area contributed by atoms with Crippen LogP contribution in [0.3, 0.4) is 0 Å². The SMILES string of the molecule is CCN(CC)C(=O)CN1CCN(C(=O)c2ccccc2S(C)(=O)=O)CC1. The first-order valence-electron chi connectivity index (χ1n) is 8.86. The number of carbonyl (C=O) groups is 2. The highest BCUT2D eigenvalue weighted by Gasteiger charge is 2.27. The fourth-order valence-corrected chi connectivity index (χ4v) is 3.99. The normalized spacial score (nSPS) is 15.7. The highest BCUT2D eigenvalue weighted by atomic mass is 32.2. The van der Waals surface area contributed by atoms with Gasteiger partial charge in [0, 0.05) is 45.5 Å². The molecule has 0 aliphatic carbocycles. The molecular formula is C18H27N3O4S. The predicted molar refractivity (Wildman–Crippen MR) is 99.8 cm³/mol. The van der Waals surface area contributed by atoms with E-state index in [9.17, 15) is 18.0 Å². The molecule has 144 valence electrons. The first-order valence-corrected chi connectivity index (χ1v) is 10.8. The summed E-state index contributed by atoms with van der Waals surface area (Å²) < 4.78 is 23.8. The van der Waals surface area contributed by atoms with Gasteiger partial charge < -0.3 is 9.80 Å². The number of amides is 2. The maximum absolute atomic E-state index is 12.8. The smallest absolute Gasteiger partial charge is 0.255 e. The Balaban J connectivity index is 2.01. The van der Waals surface area contributed by atoms with Crippen molar-refractivity contribution in [3.8, 4) is 0 Å². The molecule has 2 rings (SSSR count). The summed E-state index contributed by atoms with van der Waals surface area (Å²) in [5, 5.41) is 0. The lowest BCUT2D eigenvalue weighted by Crippen LogP contribution is -2.51. The Morgan fingerprint density at radius 3 is 2.15 bits per heavy atom. The summed E-state index contributed by atoms with van der Waals surface area (Å²) in [5.41, 5.74) is 0.211. The van der Waals surface area contributed by atoms with E-state index in [0.29, 0.717) is 45.8 Å². The van der Waals surface area contributed by atoms with Crippen LogP contribution < -0.4 is 0 Å². The number of piperazine rings is 1. The lowest BCUT2D eigenvalue weighted by atomic mass is 10.2. The quantitative estimate of drug-likeness (QED) is 0.725. The standard InChI is InChI=1S/C18H27N3O4S/c1-4-20(5-2)17(22)14-19-10-12-21(13-11-19)18(23)15-8-6-7-9-16(15)26(3,24)25/h6-9H,4-5,10-14H2,1-3H3. The number of hydrogen-bond donors (Lipinski definition) is 0. The highest BCUT2D eigenvalue weighted by molar-refractivity contribution is 7.90. The van der Waals surface area contributed by atoms with Crippen molar-refractivity contribution < 1.29 is 18.0 Å². The van der Waals surface area contributed by atoms with Gasteiger partial charge >= 0.3 is 0 Å². The molecular weight excluding hydrogens is 354 g/mol. The number of hydrogen-bond acceptors (Lipinski definition) is 5. The Labute approximate surface area is 155 Å². The number of sulfone groups is 1. The Kier molecular flexibility index (Phi) is 6.77. The largest absolute Gasteiger partial charge is 0.342 e. The zero-order valence-corrected chi connectivity index (χ0v) is 16.5. The number of carbonyl (C=O) groups excluding carboxylic acids is 2. The van der Waals surface area contributed by atoms with Crippen LogP contribution in [0.25, 0.3) is 0 Å². The van der Waals surface area contributed by atoms with E-state index in [0.717, 1.165) is 6.26 Å². The number of rotatable bonds is 6. The van der Waals surface area contributed by atoms with Crippen LogP contribution >= 0.6 is 0 Å². The third-order valence-electron chi connectivity index (χ3n) is 4.65. The van der Waals surface area contributed by atoms with Crippen molar-refractivity contribution in [2.75, 3.05) is 52.1 Å². The summed E-state index contributed by atoms with van der Waals surface area (Å²) >= 11 is 0. The lowest BCUT2D eigenvalue weighted by molar-refractivity contribution is -0.132. The number of nitrogens with zero attached hydrogens (tertiary/aromatic N) is 3. The van der Waals surface area contributed by atoms with Crippen LogP contribution in [-0.4, -0.2) is 87.0 Å². The minimum absolute atomic E-state index is 0.0594. The van der Waals surface area contributed by atoms with Crippen molar-refractivity contribution >= 4 is 21.7 Å². The summed E-state index contributed by atoms with van der Waals surface area (Å²) in [7, 11) is -3.47. The topological polar surface area (TPSA) is 78.0 Å². The van der Waals surface area contributed by atoms with Crippen LogP contribution in [0.15, 0.2) is 29.2 Å². The van der Waals surface area contributed by atoms with E-state index in [1.165, 1.54) is 6.07 Å². The molecule has 8 heteroatoms. The average Bonchev–Trinajstić information content (AvgIpc) is 2.62. The Morgan fingerprint density at radius 1 is 1.04 bits per heavy atom. The second-order valence-corrected chi connectivity index (χ2v) is 8.39. The minimum atomic E-state index is -3.47. The molecule has 0 bridgehead atoms. The Morgan fingerprint density at radius 2 is 1.62 bits per heavy atom. The van der Waals surface area contributed by atoms with Crippen LogP contribution in [-0.2, 0) is 14.6 Å². The second kappa shape index (κ2) is 8.64. The third kappa shape index (κ3) is 4.82. The summed E-state index contributed by atoms with van der Waals surface area (Å²) in [6.45, 7) is 7.79. The van der Waals surface area contributed by atoms with Gasteiger partial charge in [-0.05, 0) is 26.0 Å².